The first-order valence-corrected chi connectivity index (χ1v) is 5.95. The van der Waals surface area contributed by atoms with Crippen LogP contribution in [0.25, 0.3) is 16.5 Å². The van der Waals surface area contributed by atoms with E-state index in [1.165, 1.54) is 27.9 Å². The molecule has 82 valence electrons. The Balaban J connectivity index is 2.09. The quantitative estimate of drug-likeness (QED) is 0.684. The monoisotopic (exact) mass is 220 g/mol. The van der Waals surface area contributed by atoms with Crippen LogP contribution in [0.5, 0.6) is 0 Å². The van der Waals surface area contributed by atoms with Crippen LogP contribution in [0.15, 0.2) is 48.3 Å². The molecule has 1 aliphatic carbocycles. The van der Waals surface area contributed by atoms with Crippen molar-refractivity contribution >= 4 is 22.2 Å². The zero-order valence-corrected chi connectivity index (χ0v) is 9.40. The summed E-state index contributed by atoms with van der Waals surface area (Å²) in [7, 11) is 0. The molecule has 0 atom stereocenters. The van der Waals surface area contributed by atoms with Gasteiger partial charge in [-0.25, -0.2) is 0 Å². The molecule has 0 fully saturated rings. The highest BCUT2D eigenvalue weighted by molar-refractivity contribution is 6.04. The van der Waals surface area contributed by atoms with E-state index in [9.17, 15) is 0 Å². The molecule has 4 rings (SSSR count). The Hall–Kier alpha value is -2.09. The third kappa shape index (κ3) is 1.18. The standard InChI is InChI=1S/C15H12N2/c1-2-5-12-10(4-1)11-8-9-16-13-6-3-7-14(17-12)15(11)13/h1-3,6-9,17H,4-5H2. The van der Waals surface area contributed by atoms with Gasteiger partial charge >= 0.3 is 0 Å². The summed E-state index contributed by atoms with van der Waals surface area (Å²) >= 11 is 0. The fraction of sp³-hybridized carbons (Fsp3) is 0.133. The van der Waals surface area contributed by atoms with Crippen molar-refractivity contribution in [1.82, 2.24) is 4.98 Å². The van der Waals surface area contributed by atoms with Crippen molar-refractivity contribution in [3.8, 4) is 0 Å². The molecule has 2 aliphatic rings. The molecule has 1 N–H and O–H groups in total. The molecular weight excluding hydrogens is 208 g/mol. The molecule has 2 heterocycles. The Morgan fingerprint density at radius 2 is 2.00 bits per heavy atom. The van der Waals surface area contributed by atoms with Crippen LogP contribution >= 0.6 is 0 Å². The van der Waals surface area contributed by atoms with Gasteiger partial charge in [0.2, 0.25) is 0 Å². The van der Waals surface area contributed by atoms with Crippen molar-refractivity contribution in [1.29, 1.82) is 0 Å². The summed E-state index contributed by atoms with van der Waals surface area (Å²) in [6.45, 7) is 0. The molecule has 2 aromatic rings. The van der Waals surface area contributed by atoms with Crippen LogP contribution in [0.1, 0.15) is 18.4 Å². The Labute approximate surface area is 99.7 Å². The van der Waals surface area contributed by atoms with E-state index in [2.05, 4.69) is 46.7 Å². The van der Waals surface area contributed by atoms with Gasteiger partial charge in [0, 0.05) is 29.4 Å². The topological polar surface area (TPSA) is 24.9 Å². The molecule has 0 saturated carbocycles. The molecule has 0 unspecified atom stereocenters. The predicted octanol–water partition coefficient (Wildman–Crippen LogP) is 3.72. The van der Waals surface area contributed by atoms with Crippen molar-refractivity contribution in [2.45, 2.75) is 12.8 Å². The lowest BCUT2D eigenvalue weighted by molar-refractivity contribution is 1.13. The molecule has 0 amide bonds. The van der Waals surface area contributed by atoms with Crippen molar-refractivity contribution in [2.24, 2.45) is 0 Å². The first-order valence-electron chi connectivity index (χ1n) is 5.95. The van der Waals surface area contributed by atoms with E-state index in [0.717, 1.165) is 18.4 Å². The highest BCUT2D eigenvalue weighted by atomic mass is 14.9. The zero-order valence-electron chi connectivity index (χ0n) is 9.40. The summed E-state index contributed by atoms with van der Waals surface area (Å²) in [5.41, 5.74) is 6.40. The number of benzene rings is 1. The minimum absolute atomic E-state index is 1.01. The Morgan fingerprint density at radius 1 is 1.06 bits per heavy atom. The van der Waals surface area contributed by atoms with E-state index in [1.807, 2.05) is 6.20 Å². The fourth-order valence-corrected chi connectivity index (χ4v) is 2.77. The van der Waals surface area contributed by atoms with E-state index in [0.29, 0.717) is 0 Å². The smallest absolute Gasteiger partial charge is 0.0729 e. The first-order chi connectivity index (χ1) is 8.43. The minimum atomic E-state index is 1.01. The Kier molecular flexibility index (Phi) is 1.69. The van der Waals surface area contributed by atoms with Crippen LogP contribution in [0.3, 0.4) is 0 Å². The molecule has 17 heavy (non-hydrogen) atoms. The largest absolute Gasteiger partial charge is 0.358 e. The number of rotatable bonds is 0. The zero-order chi connectivity index (χ0) is 11.2. The molecule has 1 aromatic carbocycles. The van der Waals surface area contributed by atoms with E-state index in [-0.39, 0.29) is 0 Å². The van der Waals surface area contributed by atoms with Crippen LogP contribution in [0.4, 0.5) is 5.69 Å². The summed E-state index contributed by atoms with van der Waals surface area (Å²) < 4.78 is 0. The maximum Gasteiger partial charge on any atom is 0.0729 e. The average molecular weight is 220 g/mol. The summed E-state index contributed by atoms with van der Waals surface area (Å²) in [6, 6.07) is 8.41. The van der Waals surface area contributed by atoms with Crippen molar-refractivity contribution < 1.29 is 0 Å². The lowest BCUT2D eigenvalue weighted by Gasteiger charge is -2.26. The number of hydrogen-bond donors (Lipinski definition) is 1. The maximum absolute atomic E-state index is 4.44. The van der Waals surface area contributed by atoms with Crippen LogP contribution in [-0.2, 0) is 0 Å². The highest BCUT2D eigenvalue weighted by Gasteiger charge is 2.20. The Morgan fingerprint density at radius 3 is 3.00 bits per heavy atom. The van der Waals surface area contributed by atoms with Crippen LogP contribution in [0.2, 0.25) is 0 Å². The number of nitrogens with one attached hydrogen (secondary N) is 1. The molecule has 0 spiro atoms. The molecule has 1 aromatic heterocycles. The lowest BCUT2D eigenvalue weighted by atomic mass is 9.89. The fourth-order valence-electron chi connectivity index (χ4n) is 2.77. The lowest BCUT2D eigenvalue weighted by Crippen LogP contribution is -2.11. The van der Waals surface area contributed by atoms with E-state index in [1.54, 1.807) is 0 Å². The number of pyridine rings is 1. The molecule has 0 radical (unpaired) electrons. The van der Waals surface area contributed by atoms with Gasteiger partial charge in [-0.15, -0.1) is 0 Å². The number of anilines is 1. The average Bonchev–Trinajstić information content (AvgIpc) is 2.39. The molecular formula is C15H12N2. The van der Waals surface area contributed by atoms with E-state index in [4.69, 9.17) is 0 Å². The molecule has 2 nitrogen and oxygen atoms in total. The summed E-state index contributed by atoms with van der Waals surface area (Å²) in [5, 5.41) is 4.82. The molecule has 1 aliphatic heterocycles. The van der Waals surface area contributed by atoms with E-state index >= 15 is 0 Å². The first kappa shape index (κ1) is 8.99. The van der Waals surface area contributed by atoms with Crippen molar-refractivity contribution in [2.75, 3.05) is 5.32 Å². The van der Waals surface area contributed by atoms with Crippen molar-refractivity contribution in [3.05, 3.63) is 53.9 Å². The molecule has 2 heteroatoms. The molecule has 0 saturated heterocycles. The van der Waals surface area contributed by atoms with Crippen LogP contribution in [0, 0.1) is 0 Å². The van der Waals surface area contributed by atoms with Crippen molar-refractivity contribution in [3.63, 3.8) is 0 Å². The van der Waals surface area contributed by atoms with Gasteiger partial charge in [-0.3, -0.25) is 4.98 Å². The normalized spacial score (nSPS) is 16.9. The SMILES string of the molecule is C1=CCC2=C(C1)Nc1cccc3nccc2c13. The van der Waals surface area contributed by atoms with Gasteiger partial charge in [-0.2, -0.15) is 0 Å². The number of allylic oxidation sites excluding steroid dienone is 3. The second kappa shape index (κ2) is 3.20. The number of hydrogen-bond acceptors (Lipinski definition) is 2. The van der Waals surface area contributed by atoms with Gasteiger partial charge < -0.3 is 5.32 Å². The highest BCUT2D eigenvalue weighted by Crippen LogP contribution is 2.40. The predicted molar refractivity (Wildman–Crippen MR) is 70.7 cm³/mol. The van der Waals surface area contributed by atoms with Gasteiger partial charge in [0.25, 0.3) is 0 Å². The summed E-state index contributed by atoms with van der Waals surface area (Å²) in [5.74, 6) is 0. The number of fused-ring (bicyclic) bond motifs is 1. The van der Waals surface area contributed by atoms with Crippen LogP contribution < -0.4 is 5.32 Å². The summed E-state index contributed by atoms with van der Waals surface area (Å²) in [6.07, 6.45) is 8.43. The number of aromatic nitrogens is 1. The van der Waals surface area contributed by atoms with Gasteiger partial charge in [0.05, 0.1) is 5.52 Å². The third-order valence-electron chi connectivity index (χ3n) is 3.55. The van der Waals surface area contributed by atoms with Gasteiger partial charge in [0.1, 0.15) is 0 Å². The van der Waals surface area contributed by atoms with Crippen LogP contribution in [-0.4, -0.2) is 4.98 Å². The minimum Gasteiger partial charge on any atom is -0.358 e. The van der Waals surface area contributed by atoms with E-state index < -0.39 is 0 Å². The van der Waals surface area contributed by atoms with Gasteiger partial charge in [-0.05, 0) is 35.8 Å². The van der Waals surface area contributed by atoms with Gasteiger partial charge in [0.15, 0.2) is 0 Å². The second-order valence-electron chi connectivity index (χ2n) is 4.52. The molecule has 0 bridgehead atoms. The maximum atomic E-state index is 4.44. The number of nitrogens with zero attached hydrogens (tertiary/aromatic N) is 1. The Bertz CT molecular complexity index is 675. The second-order valence-corrected chi connectivity index (χ2v) is 4.52. The summed E-state index contributed by atoms with van der Waals surface area (Å²) in [4.78, 5) is 4.44. The van der Waals surface area contributed by atoms with Gasteiger partial charge in [-0.1, -0.05) is 18.2 Å². The third-order valence-corrected chi connectivity index (χ3v) is 3.55.